The van der Waals surface area contributed by atoms with Crippen molar-refractivity contribution in [2.75, 3.05) is 7.11 Å². The van der Waals surface area contributed by atoms with Crippen LogP contribution >= 0.6 is 20.5 Å². The predicted molar refractivity (Wildman–Crippen MR) is 77.9 cm³/mol. The minimum Gasteiger partial charge on any atom is -0.481 e. The van der Waals surface area contributed by atoms with Gasteiger partial charge in [0.05, 0.1) is 12.5 Å². The molecule has 0 fully saturated rings. The van der Waals surface area contributed by atoms with Crippen molar-refractivity contribution < 1.29 is 4.74 Å². The van der Waals surface area contributed by atoms with E-state index in [9.17, 15) is 0 Å². The molecule has 1 unspecified atom stereocenters. The highest BCUT2D eigenvalue weighted by Gasteiger charge is 2.21. The Morgan fingerprint density at radius 1 is 1.40 bits per heavy atom. The van der Waals surface area contributed by atoms with E-state index < -0.39 is 0 Å². The summed E-state index contributed by atoms with van der Waals surface area (Å²) >= 11 is 0. The molecule has 104 valence electrons. The summed E-state index contributed by atoms with van der Waals surface area (Å²) in [6.07, 6.45) is 0.992. The monoisotopic (exact) mass is 309 g/mol. The third-order valence-electron chi connectivity index (χ3n) is 2.59. The Morgan fingerprint density at radius 3 is 3.10 bits per heavy atom. The number of ether oxygens (including phenoxy) is 1. The van der Waals surface area contributed by atoms with Gasteiger partial charge in [-0.3, -0.25) is 0 Å². The predicted octanol–water partition coefficient (Wildman–Crippen LogP) is 2.34. The maximum atomic E-state index is 5.11. The number of aryl methyl sites for hydroxylation is 1. The molecule has 0 aliphatic rings. The molecule has 0 saturated heterocycles. The molecule has 7 nitrogen and oxygen atoms in total. The second-order valence-corrected chi connectivity index (χ2v) is 7.05. The van der Waals surface area contributed by atoms with Crippen LogP contribution in [0.15, 0.2) is 22.7 Å². The summed E-state index contributed by atoms with van der Waals surface area (Å²) in [6, 6.07) is 3.80. The second kappa shape index (κ2) is 5.71. The van der Waals surface area contributed by atoms with Gasteiger partial charge in [-0.2, -0.15) is 4.98 Å². The quantitative estimate of drug-likeness (QED) is 0.528. The van der Waals surface area contributed by atoms with Crippen molar-refractivity contribution in [3.63, 3.8) is 0 Å². The molecule has 0 radical (unpaired) electrons. The van der Waals surface area contributed by atoms with E-state index >= 15 is 0 Å². The van der Waals surface area contributed by atoms with Crippen LogP contribution in [-0.2, 0) is 6.54 Å². The van der Waals surface area contributed by atoms with Gasteiger partial charge >= 0.3 is 0 Å². The zero-order valence-corrected chi connectivity index (χ0v) is 12.7. The lowest BCUT2D eigenvalue weighted by molar-refractivity contribution is 0.399. The van der Waals surface area contributed by atoms with Gasteiger partial charge in [0.2, 0.25) is 22.3 Å². The number of nitrogens with zero attached hydrogens (tertiary/aromatic N) is 6. The number of hydrogen-bond acceptors (Lipinski definition) is 7. The average Bonchev–Trinajstić information content (AvgIpc) is 3.05. The summed E-state index contributed by atoms with van der Waals surface area (Å²) in [5, 5.41) is 15.6. The van der Waals surface area contributed by atoms with E-state index in [1.165, 1.54) is 0 Å². The smallest absolute Gasteiger partial charge is 0.268 e. The molecule has 3 heterocycles. The van der Waals surface area contributed by atoms with E-state index in [1.807, 2.05) is 12.1 Å². The maximum Gasteiger partial charge on any atom is 0.268 e. The Bertz CT molecular complexity index is 725. The van der Waals surface area contributed by atoms with Crippen molar-refractivity contribution in [2.24, 2.45) is 0 Å². The first-order valence-electron chi connectivity index (χ1n) is 6.09. The fourth-order valence-corrected chi connectivity index (χ4v) is 4.56. The van der Waals surface area contributed by atoms with E-state index in [1.54, 1.807) is 22.6 Å². The molecule has 0 bridgehead atoms. The van der Waals surface area contributed by atoms with Gasteiger partial charge in [0.15, 0.2) is 15.1 Å². The van der Waals surface area contributed by atoms with E-state index in [2.05, 4.69) is 37.2 Å². The van der Waals surface area contributed by atoms with Gasteiger partial charge < -0.3 is 4.74 Å². The Hall–Kier alpha value is -1.74. The minimum atomic E-state index is -0.342. The molecule has 0 aliphatic heterocycles. The summed E-state index contributed by atoms with van der Waals surface area (Å²) in [6.45, 7) is 2.90. The van der Waals surface area contributed by atoms with Gasteiger partial charge in [0, 0.05) is 12.6 Å². The van der Waals surface area contributed by atoms with Gasteiger partial charge in [-0.1, -0.05) is 12.0 Å². The molecular weight excluding hydrogens is 296 g/mol. The van der Waals surface area contributed by atoms with Crippen LogP contribution in [0.25, 0.3) is 11.0 Å². The topological polar surface area (TPSA) is 78.6 Å². The first-order chi connectivity index (χ1) is 9.80. The maximum absolute atomic E-state index is 5.11. The molecule has 0 spiro atoms. The third kappa shape index (κ3) is 2.59. The standard InChI is InChI=1S/C11H13N6OS2/c1-3-6-17-11(13-15-16-17)19-20-7-8-4-5-9(18-2)12-10(8)14-20/h4-5,7H,3,6H2,1-2H3/q+1. The fourth-order valence-electron chi connectivity index (χ4n) is 1.67. The van der Waals surface area contributed by atoms with Crippen molar-refractivity contribution in [2.45, 2.75) is 25.0 Å². The minimum absolute atomic E-state index is 0.342. The van der Waals surface area contributed by atoms with Crippen molar-refractivity contribution in [3.8, 4) is 5.88 Å². The molecule has 0 amide bonds. The van der Waals surface area contributed by atoms with Crippen molar-refractivity contribution in [1.82, 2.24) is 29.6 Å². The molecule has 0 aliphatic carbocycles. The number of aromatic nitrogens is 6. The van der Waals surface area contributed by atoms with Crippen LogP contribution in [-0.4, -0.2) is 36.7 Å². The van der Waals surface area contributed by atoms with Crippen molar-refractivity contribution >= 4 is 31.5 Å². The molecule has 3 aromatic rings. The Labute approximate surface area is 121 Å². The van der Waals surface area contributed by atoms with Crippen LogP contribution in [0.3, 0.4) is 0 Å². The molecule has 20 heavy (non-hydrogen) atoms. The van der Waals surface area contributed by atoms with E-state index in [0.717, 1.165) is 29.2 Å². The van der Waals surface area contributed by atoms with E-state index in [0.29, 0.717) is 5.88 Å². The van der Waals surface area contributed by atoms with Crippen LogP contribution < -0.4 is 4.74 Å². The third-order valence-corrected chi connectivity index (χ3v) is 5.48. The van der Waals surface area contributed by atoms with Gasteiger partial charge in [-0.25, -0.2) is 4.68 Å². The van der Waals surface area contributed by atoms with Crippen LogP contribution in [0.4, 0.5) is 0 Å². The molecule has 0 saturated carbocycles. The number of tetrazole rings is 1. The summed E-state index contributed by atoms with van der Waals surface area (Å²) in [7, 11) is 2.80. The number of rotatable bonds is 5. The van der Waals surface area contributed by atoms with E-state index in [4.69, 9.17) is 4.74 Å². The molecule has 3 aromatic heterocycles. The van der Waals surface area contributed by atoms with Crippen LogP contribution in [0.2, 0.25) is 0 Å². The van der Waals surface area contributed by atoms with Crippen LogP contribution in [0.5, 0.6) is 5.88 Å². The van der Waals surface area contributed by atoms with Gasteiger partial charge in [-0.15, -0.1) is 0 Å². The summed E-state index contributed by atoms with van der Waals surface area (Å²) in [5.41, 5.74) is 0.717. The second-order valence-electron chi connectivity index (χ2n) is 4.02. The van der Waals surface area contributed by atoms with Gasteiger partial charge in [-0.05, 0) is 27.3 Å². The number of pyridine rings is 1. The SMILES string of the molecule is CCCn1nnnc1S[s+]1cc2ccc(OC)nc2n1. The average molecular weight is 309 g/mol. The lowest BCUT2D eigenvalue weighted by Gasteiger charge is -1.94. The number of methoxy groups -OCH3 is 1. The summed E-state index contributed by atoms with van der Waals surface area (Å²) in [5.74, 6) is 0.576. The first-order valence-corrected chi connectivity index (χ1v) is 8.67. The fraction of sp³-hybridized carbons (Fsp3) is 0.364. The van der Waals surface area contributed by atoms with Crippen molar-refractivity contribution in [1.29, 1.82) is 0 Å². The zero-order valence-electron chi connectivity index (χ0n) is 11.1. The molecule has 3 rings (SSSR count). The lowest BCUT2D eigenvalue weighted by Crippen LogP contribution is -2.00. The zero-order chi connectivity index (χ0) is 13.9. The molecule has 0 aromatic carbocycles. The number of fused-ring (bicyclic) bond motifs is 1. The van der Waals surface area contributed by atoms with Gasteiger partial charge in [0.25, 0.3) is 5.16 Å². The molecular formula is C11H13N6OS2+. The molecule has 1 atom stereocenters. The highest BCUT2D eigenvalue weighted by molar-refractivity contribution is 8.44. The van der Waals surface area contributed by atoms with Crippen LogP contribution in [0.1, 0.15) is 13.3 Å². The Morgan fingerprint density at radius 2 is 2.30 bits per heavy atom. The van der Waals surface area contributed by atoms with Crippen molar-refractivity contribution in [3.05, 3.63) is 17.5 Å². The van der Waals surface area contributed by atoms with E-state index in [-0.39, 0.29) is 9.70 Å². The largest absolute Gasteiger partial charge is 0.481 e. The Kier molecular flexibility index (Phi) is 3.79. The summed E-state index contributed by atoms with van der Waals surface area (Å²) in [4.78, 5) is 4.33. The van der Waals surface area contributed by atoms with Crippen LogP contribution in [0, 0.1) is 0 Å². The number of hydrogen-bond donors (Lipinski definition) is 0. The lowest BCUT2D eigenvalue weighted by atomic mass is 10.4. The normalized spacial score (nSPS) is 12.0. The summed E-state index contributed by atoms with van der Waals surface area (Å²) < 4.78 is 11.5. The first kappa shape index (κ1) is 13.3. The highest BCUT2D eigenvalue weighted by atomic mass is 33.1. The molecule has 9 heteroatoms. The highest BCUT2D eigenvalue weighted by Crippen LogP contribution is 2.38. The molecule has 0 N–H and O–H groups in total. The van der Waals surface area contributed by atoms with Gasteiger partial charge in [0.1, 0.15) is 0 Å². The Balaban J connectivity index is 1.88.